The summed E-state index contributed by atoms with van der Waals surface area (Å²) in [5.41, 5.74) is 16.1. The number of hydrogen-bond donors (Lipinski definition) is 2. The fourth-order valence-corrected chi connectivity index (χ4v) is 9.74. The molecule has 8 bridgehead atoms. The van der Waals surface area contributed by atoms with Crippen LogP contribution in [0.25, 0.3) is 122 Å². The molecule has 2 aliphatic heterocycles. The molecule has 3 aromatic heterocycles. The Morgan fingerprint density at radius 3 is 1.29 bits per heavy atom. The molecule has 13 rings (SSSR count). The summed E-state index contributed by atoms with van der Waals surface area (Å²) < 4.78 is 0. The van der Waals surface area contributed by atoms with E-state index in [1.165, 1.54) is 37.7 Å². The maximum Gasteiger partial charge on any atom is 0.0815 e. The maximum atomic E-state index is 5.68. The third kappa shape index (κ3) is 6.89. The van der Waals surface area contributed by atoms with Crippen LogP contribution in [0.4, 0.5) is 0 Å². The van der Waals surface area contributed by atoms with Crippen LogP contribution in [0.2, 0.25) is 0 Å². The summed E-state index contributed by atoms with van der Waals surface area (Å²) >= 11 is 0. The molecule has 0 saturated heterocycles. The summed E-state index contributed by atoms with van der Waals surface area (Å²) in [7, 11) is 0. The average molecular weight is 880 g/mol. The van der Waals surface area contributed by atoms with Gasteiger partial charge >= 0.3 is 0 Å². The van der Waals surface area contributed by atoms with Gasteiger partial charge in [-0.15, -0.1) is 0 Å². The zero-order chi connectivity index (χ0) is 42.1. The van der Waals surface area contributed by atoms with E-state index in [0.29, 0.717) is 0 Å². The molecular formula is C60H38N4Zn. The monoisotopic (exact) mass is 878 g/mol. The van der Waals surface area contributed by atoms with Crippen LogP contribution in [0.3, 0.4) is 0 Å². The summed E-state index contributed by atoms with van der Waals surface area (Å²) in [6.45, 7) is 0. The normalized spacial score (nSPS) is 12.2. The summed E-state index contributed by atoms with van der Waals surface area (Å²) in [5.74, 6) is 0. The Morgan fingerprint density at radius 2 is 0.754 bits per heavy atom. The van der Waals surface area contributed by atoms with E-state index in [-0.39, 0.29) is 19.5 Å². The van der Waals surface area contributed by atoms with Gasteiger partial charge in [0, 0.05) is 58.3 Å². The van der Waals surface area contributed by atoms with Gasteiger partial charge in [0.2, 0.25) is 0 Å². The van der Waals surface area contributed by atoms with Gasteiger partial charge in [0.05, 0.1) is 28.3 Å². The standard InChI is InChI=1S/C60H38N4.Zn/c1-5-13-41-29-45(21-17-37(41)9-1)54-35-53-34-51-26-25-49(61-51)33-50-27-28-52(62-50)36-55-56(46-22-18-38-10-2-6-14-42(38)30-46)57(47-23-19-39-11-3-7-15-43(39)31-47)60(64-55)58(59(54)63-53)48-24-20-40-12-4-8-16-44(40)32-48;/h1-36,61,64H;. The Hall–Kier alpha value is -7.98. The van der Waals surface area contributed by atoms with Crippen LogP contribution >= 0.6 is 0 Å². The van der Waals surface area contributed by atoms with Gasteiger partial charge < -0.3 is 9.97 Å². The minimum Gasteiger partial charge on any atom is -0.355 e. The fraction of sp³-hybridized carbons (Fsp3) is 0. The molecule has 2 aliphatic rings. The van der Waals surface area contributed by atoms with Crippen LogP contribution in [0.5, 0.6) is 0 Å². The molecule has 0 fully saturated rings. The maximum absolute atomic E-state index is 5.68. The minimum absolute atomic E-state index is 0. The predicted molar refractivity (Wildman–Crippen MR) is 270 cm³/mol. The molecule has 4 nitrogen and oxygen atoms in total. The average Bonchev–Trinajstić information content (AvgIpc) is 4.16. The van der Waals surface area contributed by atoms with Crippen molar-refractivity contribution >= 4 is 89.0 Å². The van der Waals surface area contributed by atoms with Gasteiger partial charge in [0.1, 0.15) is 0 Å². The number of aromatic nitrogens is 4. The van der Waals surface area contributed by atoms with Gasteiger partial charge in [0.25, 0.3) is 0 Å². The van der Waals surface area contributed by atoms with Crippen LogP contribution in [-0.4, -0.2) is 19.9 Å². The van der Waals surface area contributed by atoms with E-state index in [0.717, 1.165) is 94.7 Å². The first-order valence-electron chi connectivity index (χ1n) is 21.8. The van der Waals surface area contributed by atoms with E-state index in [1.807, 2.05) is 0 Å². The quantitative estimate of drug-likeness (QED) is 0.173. The summed E-state index contributed by atoms with van der Waals surface area (Å²) in [5, 5.41) is 9.48. The molecule has 0 unspecified atom stereocenters. The number of nitrogens with one attached hydrogen (secondary N) is 2. The molecule has 65 heavy (non-hydrogen) atoms. The van der Waals surface area contributed by atoms with E-state index >= 15 is 0 Å². The molecule has 2 N–H and O–H groups in total. The van der Waals surface area contributed by atoms with E-state index in [2.05, 4.69) is 228 Å². The van der Waals surface area contributed by atoms with Crippen molar-refractivity contribution < 1.29 is 19.5 Å². The molecular weight excluding hydrogens is 842 g/mol. The van der Waals surface area contributed by atoms with E-state index in [9.17, 15) is 0 Å². The second-order valence-electron chi connectivity index (χ2n) is 16.8. The molecule has 5 heterocycles. The van der Waals surface area contributed by atoms with Gasteiger partial charge in [-0.3, -0.25) is 0 Å². The van der Waals surface area contributed by atoms with Gasteiger partial charge in [-0.25, -0.2) is 9.97 Å². The fourth-order valence-electron chi connectivity index (χ4n) is 9.74. The van der Waals surface area contributed by atoms with E-state index in [1.54, 1.807) is 0 Å². The number of aromatic amines is 2. The minimum atomic E-state index is 0. The second kappa shape index (κ2) is 15.7. The zero-order valence-corrected chi connectivity index (χ0v) is 38.4. The van der Waals surface area contributed by atoms with E-state index < -0.39 is 0 Å². The molecule has 0 aliphatic carbocycles. The third-order valence-corrected chi connectivity index (χ3v) is 12.8. The predicted octanol–water partition coefficient (Wildman–Crippen LogP) is 15.7. The zero-order valence-electron chi connectivity index (χ0n) is 35.4. The van der Waals surface area contributed by atoms with Crippen molar-refractivity contribution in [1.29, 1.82) is 0 Å². The first-order chi connectivity index (χ1) is 31.6. The molecule has 11 aromatic rings. The van der Waals surface area contributed by atoms with Crippen LogP contribution in [0.1, 0.15) is 28.3 Å². The molecule has 0 saturated carbocycles. The first kappa shape index (κ1) is 38.7. The Bertz CT molecular complexity index is 3980. The number of rotatable bonds is 4. The largest absolute Gasteiger partial charge is 0.355 e. The summed E-state index contributed by atoms with van der Waals surface area (Å²) in [6, 6.07) is 72.4. The topological polar surface area (TPSA) is 57.4 Å². The Balaban J connectivity index is 0.00000444. The smallest absolute Gasteiger partial charge is 0.0815 e. The number of H-pyrrole nitrogens is 2. The van der Waals surface area contributed by atoms with Gasteiger partial charge in [-0.05, 0) is 138 Å². The molecule has 0 radical (unpaired) electrons. The molecule has 300 valence electrons. The third-order valence-electron chi connectivity index (χ3n) is 12.8. The molecule has 0 amide bonds. The van der Waals surface area contributed by atoms with Crippen LogP contribution < -0.4 is 0 Å². The van der Waals surface area contributed by atoms with Crippen molar-refractivity contribution in [2.75, 3.05) is 0 Å². The summed E-state index contributed by atoms with van der Waals surface area (Å²) in [4.78, 5) is 18.6. The summed E-state index contributed by atoms with van der Waals surface area (Å²) in [6.07, 6.45) is 6.45. The molecule has 8 aromatic carbocycles. The van der Waals surface area contributed by atoms with Crippen molar-refractivity contribution in [3.63, 3.8) is 0 Å². The molecule has 5 heteroatoms. The molecule has 0 atom stereocenters. The van der Waals surface area contributed by atoms with Crippen molar-refractivity contribution in [3.05, 3.63) is 229 Å². The number of nitrogens with zero attached hydrogens (tertiary/aromatic N) is 2. The number of fused-ring (bicyclic) bond motifs is 12. The van der Waals surface area contributed by atoms with Crippen LogP contribution in [-0.2, 0) is 19.5 Å². The molecule has 0 spiro atoms. The van der Waals surface area contributed by atoms with Crippen LogP contribution in [0.15, 0.2) is 200 Å². The van der Waals surface area contributed by atoms with Crippen molar-refractivity contribution in [3.8, 4) is 33.4 Å². The van der Waals surface area contributed by atoms with Gasteiger partial charge in [0.15, 0.2) is 0 Å². The second-order valence-corrected chi connectivity index (χ2v) is 16.8. The Morgan fingerprint density at radius 1 is 0.323 bits per heavy atom. The number of hydrogen-bond acceptors (Lipinski definition) is 2. The SMILES string of the molecule is C1=Cc2cc3[nH]c(c(-c4ccc5ccccc5c4)c4nc(cc5ccc(cc1n2)[nH]5)C=C4c1ccc2ccccc2c1)c(-c1ccc2ccccc2c1)c3-c1ccc2ccccc2c1.[Zn]. The van der Waals surface area contributed by atoms with Crippen molar-refractivity contribution in [2.45, 2.75) is 0 Å². The van der Waals surface area contributed by atoms with Gasteiger partial charge in [-0.1, -0.05) is 146 Å². The van der Waals surface area contributed by atoms with Crippen molar-refractivity contribution in [2.24, 2.45) is 0 Å². The number of benzene rings is 8. The van der Waals surface area contributed by atoms with Crippen molar-refractivity contribution in [1.82, 2.24) is 19.9 Å². The van der Waals surface area contributed by atoms with Crippen LogP contribution in [0, 0.1) is 0 Å². The first-order valence-corrected chi connectivity index (χ1v) is 21.8. The Kier molecular flexibility index (Phi) is 9.33. The van der Waals surface area contributed by atoms with Gasteiger partial charge in [-0.2, -0.15) is 0 Å². The Labute approximate surface area is 388 Å². The van der Waals surface area contributed by atoms with E-state index in [4.69, 9.17) is 9.97 Å².